The van der Waals surface area contributed by atoms with Gasteiger partial charge in [-0.05, 0) is 41.1 Å². The van der Waals surface area contributed by atoms with Crippen LogP contribution in [0, 0.1) is 0 Å². The molecule has 3 aromatic rings. The average Bonchev–Trinajstić information content (AvgIpc) is 3.27. The SMILES string of the molecule is COc1ccc([C@@H](CN=Cc2c(O)ccc3ccccc23)[NH+]2CCCC2)cc1. The summed E-state index contributed by atoms with van der Waals surface area (Å²) < 4.78 is 5.30. The van der Waals surface area contributed by atoms with Crippen LogP contribution in [0.5, 0.6) is 11.5 Å². The van der Waals surface area contributed by atoms with Crippen molar-refractivity contribution in [2.75, 3.05) is 26.7 Å². The second-order valence-corrected chi connectivity index (χ2v) is 7.40. The van der Waals surface area contributed by atoms with Gasteiger partial charge in [0.15, 0.2) is 0 Å². The third kappa shape index (κ3) is 3.87. The number of fused-ring (bicyclic) bond motifs is 1. The predicted molar refractivity (Wildman–Crippen MR) is 114 cm³/mol. The molecule has 0 bridgehead atoms. The van der Waals surface area contributed by atoms with Gasteiger partial charge in [0.25, 0.3) is 0 Å². The van der Waals surface area contributed by atoms with Gasteiger partial charge in [-0.3, -0.25) is 4.99 Å². The number of quaternary nitrogens is 1. The van der Waals surface area contributed by atoms with E-state index in [0.29, 0.717) is 12.6 Å². The molecular formula is C24H27N2O2+. The molecule has 0 radical (unpaired) electrons. The molecule has 4 nitrogen and oxygen atoms in total. The lowest BCUT2D eigenvalue weighted by molar-refractivity contribution is -0.918. The summed E-state index contributed by atoms with van der Waals surface area (Å²) >= 11 is 0. The number of nitrogens with one attached hydrogen (secondary N) is 1. The minimum Gasteiger partial charge on any atom is -0.507 e. The molecule has 28 heavy (non-hydrogen) atoms. The van der Waals surface area contributed by atoms with Crippen LogP contribution in [0.25, 0.3) is 10.8 Å². The molecule has 1 aliphatic heterocycles. The molecule has 1 saturated heterocycles. The maximum absolute atomic E-state index is 10.3. The minimum atomic E-state index is 0.275. The van der Waals surface area contributed by atoms with Crippen molar-refractivity contribution < 1.29 is 14.7 Å². The van der Waals surface area contributed by atoms with Gasteiger partial charge in [-0.25, -0.2) is 0 Å². The number of likely N-dealkylation sites (tertiary alicyclic amines) is 1. The van der Waals surface area contributed by atoms with E-state index >= 15 is 0 Å². The molecule has 0 aliphatic carbocycles. The number of hydrogen-bond donors (Lipinski definition) is 2. The van der Waals surface area contributed by atoms with Crippen molar-refractivity contribution in [3.8, 4) is 11.5 Å². The number of hydrogen-bond acceptors (Lipinski definition) is 3. The third-order valence-electron chi connectivity index (χ3n) is 5.71. The number of methoxy groups -OCH3 is 1. The number of rotatable bonds is 6. The van der Waals surface area contributed by atoms with Gasteiger partial charge in [0.1, 0.15) is 17.5 Å². The van der Waals surface area contributed by atoms with Crippen molar-refractivity contribution in [2.24, 2.45) is 4.99 Å². The summed E-state index contributed by atoms with van der Waals surface area (Å²) in [7, 11) is 1.69. The Morgan fingerprint density at radius 3 is 2.54 bits per heavy atom. The van der Waals surface area contributed by atoms with Crippen LogP contribution in [0.3, 0.4) is 0 Å². The van der Waals surface area contributed by atoms with Crippen LogP contribution >= 0.6 is 0 Å². The molecule has 1 fully saturated rings. The highest BCUT2D eigenvalue weighted by Crippen LogP contribution is 2.25. The van der Waals surface area contributed by atoms with Crippen LogP contribution in [0.2, 0.25) is 0 Å². The van der Waals surface area contributed by atoms with E-state index in [9.17, 15) is 5.11 Å². The van der Waals surface area contributed by atoms with Crippen molar-refractivity contribution >= 4 is 17.0 Å². The van der Waals surface area contributed by atoms with Gasteiger partial charge in [0.2, 0.25) is 0 Å². The van der Waals surface area contributed by atoms with Gasteiger partial charge in [-0.15, -0.1) is 0 Å². The number of aliphatic imine (C=N–C) groups is 1. The van der Waals surface area contributed by atoms with E-state index in [0.717, 1.165) is 22.1 Å². The summed E-state index contributed by atoms with van der Waals surface area (Å²) in [5.41, 5.74) is 2.08. The van der Waals surface area contributed by atoms with Gasteiger partial charge >= 0.3 is 0 Å². The fraction of sp³-hybridized carbons (Fsp3) is 0.292. The second kappa shape index (κ2) is 8.44. The molecule has 1 heterocycles. The van der Waals surface area contributed by atoms with Crippen LogP contribution < -0.4 is 9.64 Å². The van der Waals surface area contributed by atoms with Crippen molar-refractivity contribution in [1.29, 1.82) is 0 Å². The fourth-order valence-electron chi connectivity index (χ4n) is 4.15. The van der Waals surface area contributed by atoms with Crippen LogP contribution in [0.15, 0.2) is 65.7 Å². The lowest BCUT2D eigenvalue weighted by Crippen LogP contribution is -3.10. The highest BCUT2D eigenvalue weighted by Gasteiger charge is 2.27. The zero-order valence-electron chi connectivity index (χ0n) is 16.3. The molecule has 0 unspecified atom stereocenters. The quantitative estimate of drug-likeness (QED) is 0.649. The summed E-state index contributed by atoms with van der Waals surface area (Å²) in [4.78, 5) is 6.37. The number of nitrogens with zero attached hydrogens (tertiary/aromatic N) is 1. The Morgan fingerprint density at radius 2 is 1.79 bits per heavy atom. The summed E-state index contributed by atoms with van der Waals surface area (Å²) in [6.07, 6.45) is 4.38. The van der Waals surface area contributed by atoms with Crippen LogP contribution in [-0.2, 0) is 0 Å². The largest absolute Gasteiger partial charge is 0.507 e. The van der Waals surface area contributed by atoms with Gasteiger partial charge < -0.3 is 14.7 Å². The average molecular weight is 375 g/mol. The summed E-state index contributed by atoms with van der Waals surface area (Å²) in [5.74, 6) is 1.15. The highest BCUT2D eigenvalue weighted by atomic mass is 16.5. The molecule has 4 rings (SSSR count). The van der Waals surface area contributed by atoms with Crippen molar-refractivity contribution in [1.82, 2.24) is 0 Å². The lowest BCUT2D eigenvalue weighted by Gasteiger charge is -2.23. The number of phenols is 1. The van der Waals surface area contributed by atoms with E-state index in [2.05, 4.69) is 18.2 Å². The van der Waals surface area contributed by atoms with E-state index in [-0.39, 0.29) is 5.75 Å². The molecule has 1 aliphatic rings. The van der Waals surface area contributed by atoms with E-state index in [1.165, 1.54) is 31.5 Å². The third-order valence-corrected chi connectivity index (χ3v) is 5.71. The first-order valence-electron chi connectivity index (χ1n) is 9.95. The number of benzene rings is 3. The molecular weight excluding hydrogens is 348 g/mol. The van der Waals surface area contributed by atoms with Gasteiger partial charge in [-0.2, -0.15) is 0 Å². The molecule has 3 aromatic carbocycles. The Hall–Kier alpha value is -2.85. The second-order valence-electron chi connectivity index (χ2n) is 7.40. The normalized spacial score (nSPS) is 16.0. The van der Waals surface area contributed by atoms with Crippen molar-refractivity contribution in [3.05, 3.63) is 71.8 Å². The fourth-order valence-corrected chi connectivity index (χ4v) is 4.15. The van der Waals surface area contributed by atoms with Gasteiger partial charge in [-0.1, -0.05) is 30.3 Å². The standard InChI is InChI=1S/C24H26N2O2/c1-28-20-11-8-19(9-12-20)23(26-14-4-5-15-26)17-25-16-22-21-7-3-2-6-18(21)10-13-24(22)27/h2-3,6-13,16,23,27H,4-5,14-15,17H2,1H3/p+1/t23-/m1/s1. The Balaban J connectivity index is 1.60. The van der Waals surface area contributed by atoms with Crippen LogP contribution in [0.1, 0.15) is 30.0 Å². The topological polar surface area (TPSA) is 46.3 Å². The lowest BCUT2D eigenvalue weighted by atomic mass is 10.0. The van der Waals surface area contributed by atoms with Crippen molar-refractivity contribution in [2.45, 2.75) is 18.9 Å². The molecule has 0 saturated carbocycles. The summed E-state index contributed by atoms with van der Waals surface area (Å²) in [5, 5.41) is 12.5. The van der Waals surface area contributed by atoms with E-state index in [4.69, 9.17) is 9.73 Å². The maximum atomic E-state index is 10.3. The minimum absolute atomic E-state index is 0.275. The smallest absolute Gasteiger partial charge is 0.133 e. The molecule has 0 aromatic heterocycles. The number of aromatic hydroxyl groups is 1. The zero-order valence-corrected chi connectivity index (χ0v) is 16.3. The van der Waals surface area contributed by atoms with Gasteiger partial charge in [0.05, 0.1) is 26.7 Å². The van der Waals surface area contributed by atoms with E-state index in [1.54, 1.807) is 18.1 Å². The number of phenolic OH excluding ortho intramolecular Hbond substituents is 1. The molecule has 0 amide bonds. The first-order chi connectivity index (χ1) is 13.8. The van der Waals surface area contributed by atoms with E-state index < -0.39 is 0 Å². The highest BCUT2D eigenvalue weighted by molar-refractivity contribution is 6.02. The summed E-state index contributed by atoms with van der Waals surface area (Å²) in [6.45, 7) is 3.07. The Kier molecular flexibility index (Phi) is 5.58. The molecule has 4 heteroatoms. The first-order valence-corrected chi connectivity index (χ1v) is 9.95. The molecule has 2 N–H and O–H groups in total. The van der Waals surface area contributed by atoms with Crippen LogP contribution in [0.4, 0.5) is 0 Å². The molecule has 1 atom stereocenters. The molecule has 144 valence electrons. The Labute approximate surface area is 166 Å². The predicted octanol–water partition coefficient (Wildman–Crippen LogP) is 3.39. The zero-order chi connectivity index (χ0) is 19.3. The number of ether oxygens (including phenoxy) is 1. The Bertz CT molecular complexity index is 960. The van der Waals surface area contributed by atoms with Crippen LogP contribution in [-0.4, -0.2) is 38.1 Å². The Morgan fingerprint density at radius 1 is 1.04 bits per heavy atom. The monoisotopic (exact) mass is 375 g/mol. The summed E-state index contributed by atoms with van der Waals surface area (Å²) in [6, 6.07) is 20.5. The first kappa shape index (κ1) is 18.5. The van der Waals surface area contributed by atoms with Gasteiger partial charge in [0, 0.05) is 30.2 Å². The van der Waals surface area contributed by atoms with E-state index in [1.807, 2.05) is 42.6 Å². The molecule has 0 spiro atoms. The maximum Gasteiger partial charge on any atom is 0.133 e. The van der Waals surface area contributed by atoms with Crippen molar-refractivity contribution in [3.63, 3.8) is 0 Å².